The monoisotopic (exact) mass is 768 g/mol. The van der Waals surface area contributed by atoms with E-state index in [1.54, 1.807) is 0 Å². The first-order valence-corrected chi connectivity index (χ1v) is 20.8. The third kappa shape index (κ3) is 5.61. The van der Waals surface area contributed by atoms with Gasteiger partial charge in [-0.3, -0.25) is 0 Å². The van der Waals surface area contributed by atoms with Crippen LogP contribution in [0, 0.1) is 6.57 Å². The van der Waals surface area contributed by atoms with Gasteiger partial charge in [0.15, 0.2) is 5.69 Å². The Morgan fingerprint density at radius 1 is 0.407 bits per heavy atom. The Balaban J connectivity index is 1.01. The van der Waals surface area contributed by atoms with E-state index in [-0.39, 0.29) is 0 Å². The molecule has 0 saturated heterocycles. The zero-order valence-corrected chi connectivity index (χ0v) is 32.9. The molecule has 276 valence electrons. The van der Waals surface area contributed by atoms with Gasteiger partial charge in [0.2, 0.25) is 0 Å². The highest BCUT2D eigenvalue weighted by molar-refractivity contribution is 7.26. The largest absolute Gasteiger partial charge is 0.311 e. The zero-order valence-electron chi connectivity index (χ0n) is 32.1. The summed E-state index contributed by atoms with van der Waals surface area (Å²) in [4.78, 5) is 6.02. The van der Waals surface area contributed by atoms with Crippen LogP contribution >= 0.6 is 11.3 Å². The van der Waals surface area contributed by atoms with E-state index in [0.29, 0.717) is 5.69 Å². The molecule has 0 spiro atoms. The third-order valence-electron chi connectivity index (χ3n) is 12.0. The molecule has 0 N–H and O–H groups in total. The second-order valence-corrected chi connectivity index (χ2v) is 16.2. The van der Waals surface area contributed by atoms with Crippen molar-refractivity contribution in [2.24, 2.45) is 0 Å². The van der Waals surface area contributed by atoms with Crippen molar-refractivity contribution in [2.75, 3.05) is 4.90 Å². The summed E-state index contributed by atoms with van der Waals surface area (Å²) in [5.74, 6) is 0. The molecule has 1 heterocycles. The summed E-state index contributed by atoms with van der Waals surface area (Å²) in [6.07, 6.45) is 0. The first-order chi connectivity index (χ1) is 29.2. The molecule has 11 rings (SSSR count). The Labute approximate surface area is 348 Å². The van der Waals surface area contributed by atoms with Crippen LogP contribution < -0.4 is 4.90 Å². The Morgan fingerprint density at radius 2 is 0.932 bits per heavy atom. The van der Waals surface area contributed by atoms with Crippen LogP contribution in [0.25, 0.3) is 58.4 Å². The lowest BCUT2D eigenvalue weighted by atomic mass is 9.67. The first kappa shape index (κ1) is 34.7. The number of thiophene rings is 1. The molecule has 1 aromatic heterocycles. The Hall–Kier alpha value is -7.51. The van der Waals surface area contributed by atoms with Crippen molar-refractivity contribution in [1.82, 2.24) is 0 Å². The van der Waals surface area contributed by atoms with Gasteiger partial charge in [-0.15, -0.1) is 11.3 Å². The molecule has 0 bridgehead atoms. The number of fused-ring (bicyclic) bond motifs is 6. The molecular formula is C56H36N2S. The minimum absolute atomic E-state index is 0.511. The van der Waals surface area contributed by atoms with Crippen molar-refractivity contribution in [3.63, 3.8) is 0 Å². The van der Waals surface area contributed by atoms with Gasteiger partial charge in [-0.25, -0.2) is 4.85 Å². The van der Waals surface area contributed by atoms with Crippen molar-refractivity contribution in [2.45, 2.75) is 5.41 Å². The Morgan fingerprint density at radius 3 is 1.63 bits per heavy atom. The lowest BCUT2D eigenvalue weighted by molar-refractivity contribution is 0.768. The quantitative estimate of drug-likeness (QED) is 0.147. The smallest absolute Gasteiger partial charge is 0.187 e. The second-order valence-electron chi connectivity index (χ2n) is 15.1. The van der Waals surface area contributed by atoms with Gasteiger partial charge < -0.3 is 4.90 Å². The standard InChI is InChI=1S/C56H36N2S/c1-57-43-29-33-45(34-30-43)58(44-31-27-39(28-32-44)38-23-25-40(26-24-38)47-19-12-20-51-50-18-9-11-22-54(50)59-55(47)51)46-35-36-49-48-17-8-10-21-52(48)56(53(49)37-46,41-13-4-2-5-14-41)42-15-6-3-7-16-42/h2-37H. The van der Waals surface area contributed by atoms with E-state index >= 15 is 0 Å². The SMILES string of the molecule is [C-]#[N+]c1ccc(N(c2ccc(-c3ccc(-c4cccc5c4sc4ccccc45)cc3)cc2)c2ccc3c(c2)C(c2ccccc2)(c2ccccc2)c2ccccc2-3)cc1. The van der Waals surface area contributed by atoms with Crippen molar-refractivity contribution in [3.8, 4) is 33.4 Å². The van der Waals surface area contributed by atoms with Gasteiger partial charge in [0.1, 0.15) is 0 Å². The van der Waals surface area contributed by atoms with Gasteiger partial charge in [0, 0.05) is 37.2 Å². The Bertz CT molecular complexity index is 3150. The molecule has 0 atom stereocenters. The molecule has 0 saturated carbocycles. The minimum Gasteiger partial charge on any atom is -0.311 e. The van der Waals surface area contributed by atoms with Gasteiger partial charge in [-0.2, -0.15) is 0 Å². The predicted octanol–water partition coefficient (Wildman–Crippen LogP) is 15.8. The van der Waals surface area contributed by atoms with Crippen LogP contribution in [-0.4, -0.2) is 0 Å². The molecule has 2 nitrogen and oxygen atoms in total. The molecular weight excluding hydrogens is 733 g/mol. The molecule has 0 fully saturated rings. The van der Waals surface area contributed by atoms with Crippen LogP contribution in [0.4, 0.5) is 22.7 Å². The van der Waals surface area contributed by atoms with E-state index in [9.17, 15) is 0 Å². The predicted molar refractivity (Wildman–Crippen MR) is 248 cm³/mol. The molecule has 0 amide bonds. The summed E-state index contributed by atoms with van der Waals surface area (Å²) < 4.78 is 2.65. The van der Waals surface area contributed by atoms with Gasteiger partial charge in [-0.05, 0) is 98.1 Å². The summed E-state index contributed by atoms with van der Waals surface area (Å²) >= 11 is 1.87. The number of benzene rings is 9. The first-order valence-electron chi connectivity index (χ1n) is 19.9. The molecule has 9 aromatic carbocycles. The van der Waals surface area contributed by atoms with E-state index in [0.717, 1.165) is 22.6 Å². The molecule has 0 radical (unpaired) electrons. The normalized spacial score (nSPS) is 12.5. The van der Waals surface area contributed by atoms with Crippen molar-refractivity contribution in [3.05, 3.63) is 252 Å². The van der Waals surface area contributed by atoms with Crippen LogP contribution in [0.5, 0.6) is 0 Å². The van der Waals surface area contributed by atoms with E-state index in [2.05, 4.69) is 216 Å². The molecule has 0 aliphatic heterocycles. The second kappa shape index (κ2) is 14.1. The maximum Gasteiger partial charge on any atom is 0.187 e. The maximum absolute atomic E-state index is 7.64. The van der Waals surface area contributed by atoms with Crippen LogP contribution in [0.15, 0.2) is 218 Å². The lowest BCUT2D eigenvalue weighted by Crippen LogP contribution is -2.28. The average molecular weight is 769 g/mol. The van der Waals surface area contributed by atoms with Gasteiger partial charge in [-0.1, -0.05) is 176 Å². The Kier molecular flexibility index (Phi) is 8.32. The summed E-state index contributed by atoms with van der Waals surface area (Å²) in [7, 11) is 0. The van der Waals surface area contributed by atoms with Gasteiger partial charge in [0.05, 0.1) is 12.0 Å². The van der Waals surface area contributed by atoms with E-state index in [1.807, 2.05) is 23.5 Å². The fraction of sp³-hybridized carbons (Fsp3) is 0.0179. The summed E-state index contributed by atoms with van der Waals surface area (Å²) in [6.45, 7) is 7.64. The number of rotatable bonds is 7. The summed E-state index contributed by atoms with van der Waals surface area (Å²) in [5.41, 5.74) is 15.5. The highest BCUT2D eigenvalue weighted by atomic mass is 32.1. The number of nitrogens with zero attached hydrogens (tertiary/aromatic N) is 2. The third-order valence-corrected chi connectivity index (χ3v) is 13.2. The van der Waals surface area contributed by atoms with Gasteiger partial charge >= 0.3 is 0 Å². The highest BCUT2D eigenvalue weighted by Gasteiger charge is 2.46. The molecule has 10 aromatic rings. The van der Waals surface area contributed by atoms with Crippen LogP contribution in [0.1, 0.15) is 22.3 Å². The lowest BCUT2D eigenvalue weighted by Gasteiger charge is -2.35. The minimum atomic E-state index is -0.511. The van der Waals surface area contributed by atoms with Crippen molar-refractivity contribution >= 4 is 54.3 Å². The van der Waals surface area contributed by atoms with Crippen LogP contribution in [-0.2, 0) is 5.41 Å². The van der Waals surface area contributed by atoms with Gasteiger partial charge in [0.25, 0.3) is 0 Å². The maximum atomic E-state index is 7.64. The summed E-state index contributed by atoms with van der Waals surface area (Å²) in [6, 6.07) is 78.8. The molecule has 59 heavy (non-hydrogen) atoms. The summed E-state index contributed by atoms with van der Waals surface area (Å²) in [5, 5.41) is 2.63. The number of hydrogen-bond acceptors (Lipinski definition) is 2. The van der Waals surface area contributed by atoms with Crippen LogP contribution in [0.3, 0.4) is 0 Å². The zero-order chi connectivity index (χ0) is 39.3. The molecule has 0 unspecified atom stereocenters. The van der Waals surface area contributed by atoms with E-state index < -0.39 is 5.41 Å². The topological polar surface area (TPSA) is 7.60 Å². The van der Waals surface area contributed by atoms with Crippen molar-refractivity contribution < 1.29 is 0 Å². The molecule has 1 aliphatic rings. The van der Waals surface area contributed by atoms with E-state index in [4.69, 9.17) is 6.57 Å². The number of hydrogen-bond donors (Lipinski definition) is 0. The fourth-order valence-corrected chi connectivity index (χ4v) is 10.6. The highest BCUT2D eigenvalue weighted by Crippen LogP contribution is 2.57. The average Bonchev–Trinajstić information content (AvgIpc) is 3.84. The number of anilines is 3. The van der Waals surface area contributed by atoms with E-state index in [1.165, 1.54) is 70.2 Å². The van der Waals surface area contributed by atoms with Crippen LogP contribution in [0.2, 0.25) is 0 Å². The molecule has 1 aliphatic carbocycles. The molecule has 3 heteroatoms. The van der Waals surface area contributed by atoms with Crippen molar-refractivity contribution in [1.29, 1.82) is 0 Å². The fourth-order valence-electron chi connectivity index (χ4n) is 9.31.